The van der Waals surface area contributed by atoms with E-state index in [0.717, 1.165) is 19.3 Å². The maximum absolute atomic E-state index is 13.4. The third kappa shape index (κ3) is 3.41. The molecule has 10 heteroatoms. The zero-order valence-electron chi connectivity index (χ0n) is 14.4. The Hall–Kier alpha value is -2.49. The van der Waals surface area contributed by atoms with Crippen molar-refractivity contribution in [3.8, 4) is 11.4 Å². The van der Waals surface area contributed by atoms with E-state index in [1.807, 2.05) is 0 Å². The lowest BCUT2D eigenvalue weighted by Gasteiger charge is -2.28. The quantitative estimate of drug-likeness (QED) is 0.764. The van der Waals surface area contributed by atoms with Gasteiger partial charge in [-0.15, -0.1) is 0 Å². The number of alkyl halides is 3. The molecule has 0 bridgehead atoms. The van der Waals surface area contributed by atoms with E-state index in [2.05, 4.69) is 15.1 Å². The molecule has 144 valence electrons. The molecule has 1 atom stereocenters. The van der Waals surface area contributed by atoms with Gasteiger partial charge in [0, 0.05) is 24.9 Å². The number of nitrogens with zero attached hydrogens (tertiary/aromatic N) is 5. The molecule has 7 nitrogen and oxygen atoms in total. The van der Waals surface area contributed by atoms with Crippen LogP contribution in [0.15, 0.2) is 12.3 Å². The molecule has 2 aliphatic heterocycles. The first-order chi connectivity index (χ1) is 13.0. The Morgan fingerprint density at radius 1 is 1.26 bits per heavy atom. The number of carbonyl (C=O) groups excluding carboxylic acids is 1. The molecule has 0 aromatic carbocycles. The van der Waals surface area contributed by atoms with Crippen LogP contribution in [0.2, 0.25) is 0 Å². The second-order valence-electron chi connectivity index (χ2n) is 6.63. The zero-order valence-corrected chi connectivity index (χ0v) is 14.4. The van der Waals surface area contributed by atoms with Gasteiger partial charge in [-0.25, -0.2) is 14.6 Å². The van der Waals surface area contributed by atoms with Gasteiger partial charge in [-0.05, 0) is 31.7 Å². The van der Waals surface area contributed by atoms with Gasteiger partial charge in [-0.2, -0.15) is 18.3 Å². The number of hydrogen-bond acceptors (Lipinski definition) is 5. The lowest BCUT2D eigenvalue weighted by Crippen LogP contribution is -2.32. The van der Waals surface area contributed by atoms with Crippen molar-refractivity contribution in [2.45, 2.75) is 44.6 Å². The SMILES string of the molecule is O=CN1CCc2c(nc(C(F)(F)F)nc2-c2ccnn2C2CCCCO2)C1. The highest BCUT2D eigenvalue weighted by Gasteiger charge is 2.38. The Morgan fingerprint density at radius 2 is 2.11 bits per heavy atom. The number of rotatable bonds is 3. The van der Waals surface area contributed by atoms with Crippen molar-refractivity contribution in [1.29, 1.82) is 0 Å². The van der Waals surface area contributed by atoms with Crippen molar-refractivity contribution in [2.75, 3.05) is 13.2 Å². The average molecular weight is 381 g/mol. The third-order valence-electron chi connectivity index (χ3n) is 4.84. The first-order valence-electron chi connectivity index (χ1n) is 8.79. The van der Waals surface area contributed by atoms with Crippen LogP contribution in [-0.2, 0) is 28.7 Å². The number of fused-ring (bicyclic) bond motifs is 1. The largest absolute Gasteiger partial charge is 0.451 e. The highest BCUT2D eigenvalue weighted by atomic mass is 19.4. The van der Waals surface area contributed by atoms with Crippen LogP contribution in [0.4, 0.5) is 13.2 Å². The predicted molar refractivity (Wildman–Crippen MR) is 87.3 cm³/mol. The lowest BCUT2D eigenvalue weighted by atomic mass is 10.0. The van der Waals surface area contributed by atoms with Gasteiger partial charge in [-0.1, -0.05) is 0 Å². The van der Waals surface area contributed by atoms with E-state index in [1.165, 1.54) is 11.1 Å². The molecule has 1 unspecified atom stereocenters. The van der Waals surface area contributed by atoms with Crippen LogP contribution in [0.3, 0.4) is 0 Å². The maximum Gasteiger partial charge on any atom is 0.451 e. The minimum Gasteiger partial charge on any atom is -0.356 e. The predicted octanol–water partition coefficient (Wildman–Crippen LogP) is 2.57. The summed E-state index contributed by atoms with van der Waals surface area (Å²) in [4.78, 5) is 20.0. The summed E-state index contributed by atoms with van der Waals surface area (Å²) in [6, 6.07) is 1.65. The lowest BCUT2D eigenvalue weighted by molar-refractivity contribution is -0.145. The zero-order chi connectivity index (χ0) is 19.0. The fourth-order valence-corrected chi connectivity index (χ4v) is 3.53. The van der Waals surface area contributed by atoms with Crippen molar-refractivity contribution >= 4 is 6.41 Å². The van der Waals surface area contributed by atoms with Gasteiger partial charge in [0.05, 0.1) is 23.6 Å². The second-order valence-corrected chi connectivity index (χ2v) is 6.63. The smallest absolute Gasteiger partial charge is 0.356 e. The molecule has 4 rings (SSSR count). The summed E-state index contributed by atoms with van der Waals surface area (Å²) in [7, 11) is 0. The molecule has 1 fully saturated rings. The van der Waals surface area contributed by atoms with Crippen LogP contribution in [0.25, 0.3) is 11.4 Å². The summed E-state index contributed by atoms with van der Waals surface area (Å²) in [5.74, 6) is -1.21. The Balaban J connectivity index is 1.83. The van der Waals surface area contributed by atoms with Crippen molar-refractivity contribution < 1.29 is 22.7 Å². The minimum absolute atomic E-state index is 0.0332. The van der Waals surface area contributed by atoms with E-state index in [4.69, 9.17) is 4.74 Å². The van der Waals surface area contributed by atoms with Crippen molar-refractivity contribution in [1.82, 2.24) is 24.6 Å². The highest BCUT2D eigenvalue weighted by Crippen LogP contribution is 2.35. The van der Waals surface area contributed by atoms with E-state index < -0.39 is 12.0 Å². The molecule has 0 saturated carbocycles. The number of carbonyl (C=O) groups is 1. The average Bonchev–Trinajstić information content (AvgIpc) is 3.16. The molecule has 2 aromatic rings. The molecule has 1 amide bonds. The molecular weight excluding hydrogens is 363 g/mol. The van der Waals surface area contributed by atoms with Crippen LogP contribution in [0, 0.1) is 0 Å². The van der Waals surface area contributed by atoms with Gasteiger partial charge in [-0.3, -0.25) is 4.79 Å². The summed E-state index contributed by atoms with van der Waals surface area (Å²) in [6.45, 7) is 1.03. The summed E-state index contributed by atoms with van der Waals surface area (Å²) < 4.78 is 47.4. The number of halogens is 3. The van der Waals surface area contributed by atoms with Crippen molar-refractivity contribution in [3.05, 3.63) is 29.3 Å². The monoisotopic (exact) mass is 381 g/mol. The second kappa shape index (κ2) is 6.91. The van der Waals surface area contributed by atoms with Crippen LogP contribution in [0.1, 0.15) is 42.6 Å². The maximum atomic E-state index is 13.4. The van der Waals surface area contributed by atoms with Gasteiger partial charge in [0.2, 0.25) is 12.2 Å². The normalized spacial score (nSPS) is 20.4. The molecule has 4 heterocycles. The number of amides is 1. The van der Waals surface area contributed by atoms with E-state index >= 15 is 0 Å². The summed E-state index contributed by atoms with van der Waals surface area (Å²) in [6.07, 6.45) is 0.209. The fraction of sp³-hybridized carbons (Fsp3) is 0.529. The van der Waals surface area contributed by atoms with E-state index in [9.17, 15) is 18.0 Å². The molecule has 27 heavy (non-hydrogen) atoms. The molecule has 1 saturated heterocycles. The molecule has 2 aliphatic rings. The summed E-state index contributed by atoms with van der Waals surface area (Å²) in [5, 5.41) is 4.27. The highest BCUT2D eigenvalue weighted by molar-refractivity contribution is 5.62. The number of hydrogen-bond donors (Lipinski definition) is 0. The first-order valence-corrected chi connectivity index (χ1v) is 8.79. The van der Waals surface area contributed by atoms with Crippen LogP contribution >= 0.6 is 0 Å². The van der Waals surface area contributed by atoms with E-state index in [-0.39, 0.29) is 24.2 Å². The van der Waals surface area contributed by atoms with Crippen LogP contribution < -0.4 is 0 Å². The molecule has 0 aliphatic carbocycles. The Morgan fingerprint density at radius 3 is 2.81 bits per heavy atom. The Kier molecular flexibility index (Phi) is 4.58. The Labute approximate surface area is 153 Å². The minimum atomic E-state index is -4.68. The molecule has 0 radical (unpaired) electrons. The van der Waals surface area contributed by atoms with Gasteiger partial charge >= 0.3 is 6.18 Å². The van der Waals surface area contributed by atoms with Gasteiger partial charge in [0.15, 0.2) is 6.23 Å². The standard InChI is InChI=1S/C17H18F3N5O2/c18-17(19,20)16-22-12-9-24(10-26)7-5-11(12)15(23-16)13-4-6-21-25(13)14-3-1-2-8-27-14/h4,6,10,14H,1-3,5,7-9H2. The van der Waals surface area contributed by atoms with E-state index in [0.29, 0.717) is 37.2 Å². The topological polar surface area (TPSA) is 73.1 Å². The fourth-order valence-electron chi connectivity index (χ4n) is 3.53. The first kappa shape index (κ1) is 17.9. The molecule has 0 spiro atoms. The summed E-state index contributed by atoms with van der Waals surface area (Å²) >= 11 is 0. The summed E-state index contributed by atoms with van der Waals surface area (Å²) in [5.41, 5.74) is 1.54. The third-order valence-corrected chi connectivity index (χ3v) is 4.84. The van der Waals surface area contributed by atoms with Gasteiger partial charge < -0.3 is 9.64 Å². The van der Waals surface area contributed by atoms with Crippen LogP contribution in [-0.4, -0.2) is 44.2 Å². The number of aromatic nitrogens is 4. The van der Waals surface area contributed by atoms with Gasteiger partial charge in [0.1, 0.15) is 0 Å². The van der Waals surface area contributed by atoms with Gasteiger partial charge in [0.25, 0.3) is 0 Å². The molecule has 0 N–H and O–H groups in total. The van der Waals surface area contributed by atoms with E-state index in [1.54, 1.807) is 10.7 Å². The van der Waals surface area contributed by atoms with Crippen molar-refractivity contribution in [3.63, 3.8) is 0 Å². The van der Waals surface area contributed by atoms with Crippen LogP contribution in [0.5, 0.6) is 0 Å². The molecular formula is C17H18F3N5O2. The molecule has 2 aromatic heterocycles. The Bertz CT molecular complexity index is 846. The number of ether oxygens (including phenoxy) is 1. The van der Waals surface area contributed by atoms with Crippen molar-refractivity contribution in [2.24, 2.45) is 0 Å².